The van der Waals surface area contributed by atoms with Crippen molar-refractivity contribution < 1.29 is 0 Å². The van der Waals surface area contributed by atoms with Crippen molar-refractivity contribution in [3.63, 3.8) is 0 Å². The second-order valence-corrected chi connectivity index (χ2v) is 5.75. The Kier molecular flexibility index (Phi) is 3.59. The average molecular weight is 248 g/mol. The third-order valence-corrected chi connectivity index (χ3v) is 4.23. The highest BCUT2D eigenvalue weighted by atomic mass is 15.2. The first-order valence-corrected chi connectivity index (χ1v) is 6.66. The van der Waals surface area contributed by atoms with E-state index in [2.05, 4.69) is 23.7 Å². The monoisotopic (exact) mass is 248 g/mol. The summed E-state index contributed by atoms with van der Waals surface area (Å²) in [5.74, 6) is 0.565. The molecule has 1 aliphatic rings. The summed E-state index contributed by atoms with van der Waals surface area (Å²) in [6, 6.07) is 1.87. The minimum Gasteiger partial charge on any atom is -0.383 e. The molecule has 0 aliphatic carbocycles. The van der Waals surface area contributed by atoms with Gasteiger partial charge in [-0.1, -0.05) is 0 Å². The minimum absolute atomic E-state index is 0.0849. The highest BCUT2D eigenvalue weighted by Gasteiger charge is 2.37. The summed E-state index contributed by atoms with van der Waals surface area (Å²) < 4.78 is 0. The van der Waals surface area contributed by atoms with E-state index < -0.39 is 0 Å². The van der Waals surface area contributed by atoms with Crippen molar-refractivity contribution in [1.82, 2.24) is 9.88 Å². The molecule has 0 aromatic carbocycles. The number of nitrogen functional groups attached to an aromatic ring is 1. The van der Waals surface area contributed by atoms with Gasteiger partial charge in [0, 0.05) is 17.3 Å². The second kappa shape index (κ2) is 4.86. The molecular formula is C14H24N4. The number of nitrogens with zero attached hydrogens (tertiary/aromatic N) is 2. The highest BCUT2D eigenvalue weighted by molar-refractivity contribution is 5.47. The molecule has 4 nitrogen and oxygen atoms in total. The van der Waals surface area contributed by atoms with Crippen LogP contribution in [0.1, 0.15) is 43.9 Å². The SMILES string of the molecule is Cc1ccnc(N)c1C(N)C(C)(C)N1CCCC1. The summed E-state index contributed by atoms with van der Waals surface area (Å²) in [5, 5.41) is 0. The molecule has 1 aromatic heterocycles. The lowest BCUT2D eigenvalue weighted by Crippen LogP contribution is -2.50. The van der Waals surface area contributed by atoms with Crippen LogP contribution in [-0.2, 0) is 0 Å². The summed E-state index contributed by atoms with van der Waals surface area (Å²) in [7, 11) is 0. The van der Waals surface area contributed by atoms with Gasteiger partial charge in [-0.25, -0.2) is 4.98 Å². The van der Waals surface area contributed by atoms with E-state index in [1.807, 2.05) is 13.0 Å². The maximum absolute atomic E-state index is 6.49. The molecule has 0 bridgehead atoms. The summed E-state index contributed by atoms with van der Waals surface area (Å²) >= 11 is 0. The molecule has 1 atom stereocenters. The molecule has 0 amide bonds. The summed E-state index contributed by atoms with van der Waals surface area (Å²) in [6.45, 7) is 8.71. The summed E-state index contributed by atoms with van der Waals surface area (Å²) in [5.41, 5.74) is 14.5. The van der Waals surface area contributed by atoms with E-state index in [4.69, 9.17) is 11.5 Å². The standard InChI is InChI=1S/C14H24N4/c1-10-6-7-17-13(16)11(10)12(15)14(2,3)18-8-4-5-9-18/h6-7,12H,4-5,8-9,15H2,1-3H3,(H2,16,17). The van der Waals surface area contributed by atoms with Gasteiger partial charge in [0.05, 0.1) is 6.04 Å². The van der Waals surface area contributed by atoms with E-state index in [0.717, 1.165) is 24.2 Å². The fraction of sp³-hybridized carbons (Fsp3) is 0.643. The first-order valence-electron chi connectivity index (χ1n) is 6.66. The number of anilines is 1. The smallest absolute Gasteiger partial charge is 0.128 e. The molecule has 1 saturated heterocycles. The Bertz CT molecular complexity index is 402. The lowest BCUT2D eigenvalue weighted by molar-refractivity contribution is 0.124. The molecule has 4 heteroatoms. The Balaban J connectivity index is 2.32. The van der Waals surface area contributed by atoms with Crippen LogP contribution in [0.5, 0.6) is 0 Å². The number of nitrogens with two attached hydrogens (primary N) is 2. The molecule has 0 saturated carbocycles. The fourth-order valence-corrected chi connectivity index (χ4v) is 2.84. The maximum atomic E-state index is 6.49. The predicted octanol–water partition coefficient (Wildman–Crippen LogP) is 1.85. The van der Waals surface area contributed by atoms with Gasteiger partial charge in [-0.2, -0.15) is 0 Å². The number of hydrogen-bond donors (Lipinski definition) is 2. The van der Waals surface area contributed by atoms with E-state index in [1.54, 1.807) is 6.20 Å². The van der Waals surface area contributed by atoms with Crippen LogP contribution in [0.25, 0.3) is 0 Å². The molecule has 2 heterocycles. The molecule has 100 valence electrons. The van der Waals surface area contributed by atoms with Crippen molar-refractivity contribution in [2.45, 2.75) is 45.2 Å². The molecule has 1 aliphatic heterocycles. The van der Waals surface area contributed by atoms with Crippen LogP contribution in [0.15, 0.2) is 12.3 Å². The van der Waals surface area contributed by atoms with Gasteiger partial charge in [0.15, 0.2) is 0 Å². The number of aryl methyl sites for hydroxylation is 1. The van der Waals surface area contributed by atoms with Crippen LogP contribution in [0.2, 0.25) is 0 Å². The van der Waals surface area contributed by atoms with E-state index in [1.165, 1.54) is 12.8 Å². The van der Waals surface area contributed by atoms with Crippen LogP contribution >= 0.6 is 0 Å². The third kappa shape index (κ3) is 2.22. The normalized spacial score (nSPS) is 19.1. The quantitative estimate of drug-likeness (QED) is 0.856. The van der Waals surface area contributed by atoms with E-state index >= 15 is 0 Å². The van der Waals surface area contributed by atoms with Crippen molar-refractivity contribution >= 4 is 5.82 Å². The number of pyridine rings is 1. The number of aromatic nitrogens is 1. The lowest BCUT2D eigenvalue weighted by Gasteiger charge is -2.41. The molecule has 1 fully saturated rings. The van der Waals surface area contributed by atoms with Gasteiger partial charge in [-0.05, 0) is 58.3 Å². The molecular weight excluding hydrogens is 224 g/mol. The topological polar surface area (TPSA) is 68.2 Å². The van der Waals surface area contributed by atoms with Gasteiger partial charge < -0.3 is 11.5 Å². The van der Waals surface area contributed by atoms with Crippen LogP contribution in [0.4, 0.5) is 5.82 Å². The van der Waals surface area contributed by atoms with E-state index in [0.29, 0.717) is 5.82 Å². The van der Waals surface area contributed by atoms with Crippen LogP contribution < -0.4 is 11.5 Å². The number of hydrogen-bond acceptors (Lipinski definition) is 4. The first-order chi connectivity index (χ1) is 8.44. The second-order valence-electron chi connectivity index (χ2n) is 5.75. The number of likely N-dealkylation sites (tertiary alicyclic amines) is 1. The largest absolute Gasteiger partial charge is 0.383 e. The molecule has 2 rings (SSSR count). The zero-order valence-corrected chi connectivity index (χ0v) is 11.6. The van der Waals surface area contributed by atoms with Crippen LogP contribution in [-0.4, -0.2) is 28.5 Å². The Morgan fingerprint density at radius 3 is 2.50 bits per heavy atom. The Morgan fingerprint density at radius 2 is 1.94 bits per heavy atom. The molecule has 1 aromatic rings. The Hall–Kier alpha value is -1.13. The highest BCUT2D eigenvalue weighted by Crippen LogP contribution is 2.34. The third-order valence-electron chi connectivity index (χ3n) is 4.23. The minimum atomic E-state index is -0.107. The molecule has 18 heavy (non-hydrogen) atoms. The molecule has 4 N–H and O–H groups in total. The maximum Gasteiger partial charge on any atom is 0.128 e. The van der Waals surface area contributed by atoms with E-state index in [9.17, 15) is 0 Å². The van der Waals surface area contributed by atoms with Crippen molar-refractivity contribution in [2.24, 2.45) is 5.73 Å². The molecule has 1 unspecified atom stereocenters. The molecule has 0 radical (unpaired) electrons. The summed E-state index contributed by atoms with van der Waals surface area (Å²) in [6.07, 6.45) is 4.26. The van der Waals surface area contributed by atoms with Gasteiger partial charge in [0.1, 0.15) is 5.82 Å². The fourth-order valence-electron chi connectivity index (χ4n) is 2.84. The zero-order chi connectivity index (χ0) is 13.3. The van der Waals surface area contributed by atoms with Crippen molar-refractivity contribution in [3.8, 4) is 0 Å². The van der Waals surface area contributed by atoms with Crippen molar-refractivity contribution in [1.29, 1.82) is 0 Å². The van der Waals surface area contributed by atoms with Gasteiger partial charge in [0.2, 0.25) is 0 Å². The Labute approximate surface area is 109 Å². The lowest BCUT2D eigenvalue weighted by atomic mass is 9.86. The summed E-state index contributed by atoms with van der Waals surface area (Å²) in [4.78, 5) is 6.64. The van der Waals surface area contributed by atoms with E-state index in [-0.39, 0.29) is 11.6 Å². The zero-order valence-electron chi connectivity index (χ0n) is 11.6. The molecule has 0 spiro atoms. The number of rotatable bonds is 3. The van der Waals surface area contributed by atoms with Gasteiger partial charge in [0.25, 0.3) is 0 Å². The van der Waals surface area contributed by atoms with Crippen molar-refractivity contribution in [3.05, 3.63) is 23.4 Å². The van der Waals surface area contributed by atoms with Crippen LogP contribution in [0, 0.1) is 6.92 Å². The predicted molar refractivity (Wildman–Crippen MR) is 75.2 cm³/mol. The Morgan fingerprint density at radius 1 is 1.33 bits per heavy atom. The van der Waals surface area contributed by atoms with Gasteiger partial charge >= 0.3 is 0 Å². The first kappa shape index (κ1) is 13.3. The van der Waals surface area contributed by atoms with Gasteiger partial charge in [-0.15, -0.1) is 0 Å². The average Bonchev–Trinajstić information content (AvgIpc) is 2.82. The van der Waals surface area contributed by atoms with Crippen molar-refractivity contribution in [2.75, 3.05) is 18.8 Å². The van der Waals surface area contributed by atoms with Gasteiger partial charge in [-0.3, -0.25) is 4.90 Å². The van der Waals surface area contributed by atoms with Crippen LogP contribution in [0.3, 0.4) is 0 Å².